The highest BCUT2D eigenvalue weighted by Crippen LogP contribution is 2.48. The number of benzene rings is 1. The van der Waals surface area contributed by atoms with Crippen LogP contribution in [0.3, 0.4) is 0 Å². The topological polar surface area (TPSA) is 9.23 Å². The SMILES string of the molecule is COc1cc2c(cc1S)CCC(C)C2C(C)(C)C. The van der Waals surface area contributed by atoms with E-state index in [1.807, 2.05) is 0 Å². The molecule has 2 rings (SSSR count). The van der Waals surface area contributed by atoms with Gasteiger partial charge in [-0.3, -0.25) is 0 Å². The summed E-state index contributed by atoms with van der Waals surface area (Å²) in [4.78, 5) is 0.957. The number of hydrogen-bond donors (Lipinski definition) is 1. The molecule has 0 aromatic heterocycles. The summed E-state index contributed by atoms with van der Waals surface area (Å²) >= 11 is 4.51. The van der Waals surface area contributed by atoms with Gasteiger partial charge in [-0.25, -0.2) is 0 Å². The lowest BCUT2D eigenvalue weighted by Crippen LogP contribution is -2.29. The van der Waals surface area contributed by atoms with Crippen molar-refractivity contribution >= 4 is 12.6 Å². The summed E-state index contributed by atoms with van der Waals surface area (Å²) in [6.45, 7) is 9.39. The van der Waals surface area contributed by atoms with Gasteiger partial charge in [0, 0.05) is 4.90 Å². The maximum atomic E-state index is 5.43. The summed E-state index contributed by atoms with van der Waals surface area (Å²) in [5, 5.41) is 0. The highest BCUT2D eigenvalue weighted by atomic mass is 32.1. The van der Waals surface area contributed by atoms with Crippen molar-refractivity contribution in [2.24, 2.45) is 11.3 Å². The Morgan fingerprint density at radius 3 is 2.50 bits per heavy atom. The molecule has 18 heavy (non-hydrogen) atoms. The summed E-state index contributed by atoms with van der Waals surface area (Å²) in [5.74, 6) is 2.23. The van der Waals surface area contributed by atoms with E-state index in [2.05, 4.69) is 52.5 Å². The zero-order valence-electron chi connectivity index (χ0n) is 12.1. The van der Waals surface area contributed by atoms with Crippen LogP contribution in [0.15, 0.2) is 17.0 Å². The van der Waals surface area contributed by atoms with Gasteiger partial charge in [0.05, 0.1) is 7.11 Å². The standard InChI is InChI=1S/C16H24OS/c1-10-6-7-11-8-14(18)13(17-5)9-12(11)15(10)16(2,3)4/h8-10,15,18H,6-7H2,1-5H3. The van der Waals surface area contributed by atoms with Crippen LogP contribution in [0.25, 0.3) is 0 Å². The van der Waals surface area contributed by atoms with Gasteiger partial charge in [-0.1, -0.05) is 27.7 Å². The number of methoxy groups -OCH3 is 1. The maximum Gasteiger partial charge on any atom is 0.132 e. The van der Waals surface area contributed by atoms with Crippen LogP contribution in [0.1, 0.15) is 51.2 Å². The molecule has 0 fully saturated rings. The molecular formula is C16H24OS. The first kappa shape index (κ1) is 13.8. The minimum Gasteiger partial charge on any atom is -0.496 e. The predicted octanol–water partition coefficient (Wildman–Crippen LogP) is 4.70. The van der Waals surface area contributed by atoms with Gasteiger partial charge >= 0.3 is 0 Å². The van der Waals surface area contributed by atoms with E-state index in [0.717, 1.165) is 16.6 Å². The smallest absolute Gasteiger partial charge is 0.132 e. The summed E-state index contributed by atoms with van der Waals surface area (Å²) in [6, 6.07) is 4.41. The lowest BCUT2D eigenvalue weighted by molar-refractivity contribution is 0.224. The summed E-state index contributed by atoms with van der Waals surface area (Å²) in [5.41, 5.74) is 3.22. The molecule has 0 aliphatic heterocycles. The Kier molecular flexibility index (Phi) is 3.68. The van der Waals surface area contributed by atoms with E-state index in [-0.39, 0.29) is 5.41 Å². The van der Waals surface area contributed by atoms with Crippen LogP contribution < -0.4 is 4.74 Å². The van der Waals surface area contributed by atoms with E-state index in [9.17, 15) is 0 Å². The van der Waals surface area contributed by atoms with Crippen LogP contribution in [0, 0.1) is 11.3 Å². The average Bonchev–Trinajstić information content (AvgIpc) is 2.26. The molecule has 0 radical (unpaired) electrons. The molecule has 2 atom stereocenters. The second-order valence-electron chi connectivity index (χ2n) is 6.58. The Bertz CT molecular complexity index is 445. The molecule has 1 aromatic rings. The molecule has 0 bridgehead atoms. The normalized spacial score (nSPS) is 23.7. The van der Waals surface area contributed by atoms with E-state index in [0.29, 0.717) is 5.92 Å². The molecule has 0 N–H and O–H groups in total. The highest BCUT2D eigenvalue weighted by Gasteiger charge is 2.35. The van der Waals surface area contributed by atoms with Crippen molar-refractivity contribution in [3.05, 3.63) is 23.3 Å². The van der Waals surface area contributed by atoms with E-state index in [1.54, 1.807) is 7.11 Å². The van der Waals surface area contributed by atoms with Crippen molar-refractivity contribution < 1.29 is 4.74 Å². The number of rotatable bonds is 1. The Balaban J connectivity index is 2.55. The number of aryl methyl sites for hydroxylation is 1. The van der Waals surface area contributed by atoms with Crippen molar-refractivity contribution in [1.82, 2.24) is 0 Å². The lowest BCUT2D eigenvalue weighted by Gasteiger charge is -2.40. The Morgan fingerprint density at radius 1 is 1.28 bits per heavy atom. The third kappa shape index (κ3) is 2.40. The van der Waals surface area contributed by atoms with E-state index < -0.39 is 0 Å². The van der Waals surface area contributed by atoms with Crippen molar-refractivity contribution in [3.8, 4) is 5.75 Å². The third-order valence-corrected chi connectivity index (χ3v) is 4.50. The Hall–Kier alpha value is -0.630. The second kappa shape index (κ2) is 4.80. The molecule has 1 nitrogen and oxygen atoms in total. The van der Waals surface area contributed by atoms with Crippen molar-refractivity contribution in [2.45, 2.75) is 51.3 Å². The summed E-state index contributed by atoms with van der Waals surface area (Å²) < 4.78 is 5.43. The molecular weight excluding hydrogens is 240 g/mol. The quantitative estimate of drug-likeness (QED) is 0.724. The van der Waals surface area contributed by atoms with Crippen LogP contribution >= 0.6 is 12.6 Å². The number of ether oxygens (including phenoxy) is 1. The Labute approximate surface area is 116 Å². The van der Waals surface area contributed by atoms with Gasteiger partial charge in [0.15, 0.2) is 0 Å². The van der Waals surface area contributed by atoms with Crippen molar-refractivity contribution in [1.29, 1.82) is 0 Å². The average molecular weight is 264 g/mol. The fourth-order valence-corrected chi connectivity index (χ4v) is 3.78. The van der Waals surface area contributed by atoms with Crippen LogP contribution in [-0.4, -0.2) is 7.11 Å². The van der Waals surface area contributed by atoms with Gasteiger partial charge in [-0.05, 0) is 53.4 Å². The summed E-state index contributed by atoms with van der Waals surface area (Å²) in [6.07, 6.45) is 2.44. The van der Waals surface area contributed by atoms with Crippen LogP contribution in [0.2, 0.25) is 0 Å². The van der Waals surface area contributed by atoms with Crippen LogP contribution in [0.4, 0.5) is 0 Å². The fraction of sp³-hybridized carbons (Fsp3) is 0.625. The van der Waals surface area contributed by atoms with Gasteiger partial charge < -0.3 is 4.74 Å². The first-order chi connectivity index (χ1) is 8.34. The Morgan fingerprint density at radius 2 is 1.94 bits per heavy atom. The van der Waals surface area contributed by atoms with Gasteiger partial charge in [-0.2, -0.15) is 0 Å². The monoisotopic (exact) mass is 264 g/mol. The first-order valence-electron chi connectivity index (χ1n) is 6.74. The maximum absolute atomic E-state index is 5.43. The lowest BCUT2D eigenvalue weighted by atomic mass is 9.64. The minimum atomic E-state index is 0.289. The van der Waals surface area contributed by atoms with Gasteiger partial charge in [0.2, 0.25) is 0 Å². The molecule has 0 amide bonds. The number of thiol groups is 1. The minimum absolute atomic E-state index is 0.289. The zero-order chi connectivity index (χ0) is 13.5. The van der Waals surface area contributed by atoms with Crippen LogP contribution in [0.5, 0.6) is 5.75 Å². The summed E-state index contributed by atoms with van der Waals surface area (Å²) in [7, 11) is 1.72. The van der Waals surface area contributed by atoms with E-state index >= 15 is 0 Å². The van der Waals surface area contributed by atoms with Crippen LogP contribution in [-0.2, 0) is 6.42 Å². The molecule has 0 heterocycles. The number of hydrogen-bond acceptors (Lipinski definition) is 2. The largest absolute Gasteiger partial charge is 0.496 e. The van der Waals surface area contributed by atoms with E-state index in [4.69, 9.17) is 4.74 Å². The van der Waals surface area contributed by atoms with Crippen molar-refractivity contribution in [3.63, 3.8) is 0 Å². The first-order valence-corrected chi connectivity index (χ1v) is 7.19. The molecule has 1 aromatic carbocycles. The van der Waals surface area contributed by atoms with Gasteiger partial charge in [0.25, 0.3) is 0 Å². The fourth-order valence-electron chi connectivity index (χ4n) is 3.47. The molecule has 1 aliphatic carbocycles. The molecule has 100 valence electrons. The van der Waals surface area contributed by atoms with Gasteiger partial charge in [0.1, 0.15) is 5.75 Å². The van der Waals surface area contributed by atoms with E-state index in [1.165, 1.54) is 24.0 Å². The van der Waals surface area contributed by atoms with Crippen molar-refractivity contribution in [2.75, 3.05) is 7.11 Å². The molecule has 1 aliphatic rings. The second-order valence-corrected chi connectivity index (χ2v) is 7.06. The molecule has 0 saturated heterocycles. The predicted molar refractivity (Wildman–Crippen MR) is 79.9 cm³/mol. The molecule has 2 unspecified atom stereocenters. The zero-order valence-corrected chi connectivity index (χ0v) is 13.0. The third-order valence-electron chi connectivity index (χ3n) is 4.15. The molecule has 0 spiro atoms. The molecule has 0 saturated carbocycles. The number of fused-ring (bicyclic) bond motifs is 1. The highest BCUT2D eigenvalue weighted by molar-refractivity contribution is 7.80. The van der Waals surface area contributed by atoms with Gasteiger partial charge in [-0.15, -0.1) is 12.6 Å². The molecule has 2 heteroatoms.